The molecule has 1 aromatic heterocycles. The van der Waals surface area contributed by atoms with Gasteiger partial charge in [-0.25, -0.2) is 0 Å². The number of nitro groups is 1. The summed E-state index contributed by atoms with van der Waals surface area (Å²) in [5, 5.41) is 24.3. The Bertz CT molecular complexity index is 502. The Balaban J connectivity index is 2.25. The van der Waals surface area contributed by atoms with Crippen LogP contribution in [-0.4, -0.2) is 45.7 Å². The first-order valence-electron chi connectivity index (χ1n) is 7.13. The van der Waals surface area contributed by atoms with Gasteiger partial charge in [0.25, 0.3) is 0 Å². The van der Waals surface area contributed by atoms with E-state index in [1.165, 1.54) is 0 Å². The summed E-state index contributed by atoms with van der Waals surface area (Å²) in [5.74, 6) is 0.0325. The summed E-state index contributed by atoms with van der Waals surface area (Å²) in [7, 11) is 0. The van der Waals surface area contributed by atoms with E-state index in [9.17, 15) is 10.1 Å². The maximum absolute atomic E-state index is 11.2. The molecule has 1 aromatic rings. The van der Waals surface area contributed by atoms with Crippen molar-refractivity contribution in [3.8, 4) is 5.88 Å². The second kappa shape index (κ2) is 6.86. The maximum Gasteiger partial charge on any atom is 0.352 e. The van der Waals surface area contributed by atoms with E-state index in [4.69, 9.17) is 14.6 Å². The molecular formula is C13H21N3O5. The van der Waals surface area contributed by atoms with Gasteiger partial charge in [-0.1, -0.05) is 0 Å². The minimum absolute atomic E-state index is 0.0229. The molecule has 0 amide bonds. The number of rotatable bonds is 6. The second-order valence-corrected chi connectivity index (χ2v) is 5.23. The number of aliphatic hydroxyl groups excluding tert-OH is 1. The molecule has 2 rings (SSSR count). The summed E-state index contributed by atoms with van der Waals surface area (Å²) >= 11 is 0. The Hall–Kier alpha value is -1.67. The van der Waals surface area contributed by atoms with Crippen LogP contribution in [-0.2, 0) is 4.74 Å². The average molecular weight is 299 g/mol. The minimum Gasteiger partial charge on any atom is -0.472 e. The molecule has 2 atom stereocenters. The number of hydrogen-bond acceptors (Lipinski definition) is 6. The Morgan fingerprint density at radius 1 is 1.62 bits per heavy atom. The van der Waals surface area contributed by atoms with E-state index in [0.29, 0.717) is 18.7 Å². The Labute approximate surface area is 122 Å². The first kappa shape index (κ1) is 15.7. The van der Waals surface area contributed by atoms with Gasteiger partial charge < -0.3 is 14.6 Å². The molecule has 1 N–H and O–H groups in total. The molecule has 1 fully saturated rings. The quantitative estimate of drug-likeness (QED) is 0.486. The summed E-state index contributed by atoms with van der Waals surface area (Å²) in [6, 6.07) is 0.0858. The minimum atomic E-state index is -0.462. The molecule has 0 aliphatic carbocycles. The first-order valence-corrected chi connectivity index (χ1v) is 7.13. The fraction of sp³-hybridized carbons (Fsp3) is 0.769. The standard InChI is InChI=1S/C13H21N3O5/c1-9-8-11(4-7-20-9)15-10(2)12(16(18)19)13(14-15)21-6-3-5-17/h9,11,17H,3-8H2,1-2H3. The maximum atomic E-state index is 11.2. The van der Waals surface area contributed by atoms with Gasteiger partial charge in [0, 0.05) is 19.6 Å². The van der Waals surface area contributed by atoms with Crippen LogP contribution in [0.15, 0.2) is 0 Å². The van der Waals surface area contributed by atoms with E-state index in [1.54, 1.807) is 11.6 Å². The highest BCUT2D eigenvalue weighted by Crippen LogP contribution is 2.35. The average Bonchev–Trinajstić information content (AvgIpc) is 2.76. The van der Waals surface area contributed by atoms with Crippen molar-refractivity contribution in [3.63, 3.8) is 0 Å². The van der Waals surface area contributed by atoms with Gasteiger partial charge in [0.1, 0.15) is 5.69 Å². The van der Waals surface area contributed by atoms with Crippen LogP contribution in [0.4, 0.5) is 5.69 Å². The first-order chi connectivity index (χ1) is 10.0. The molecule has 1 saturated heterocycles. The van der Waals surface area contributed by atoms with E-state index >= 15 is 0 Å². The predicted molar refractivity (Wildman–Crippen MR) is 74.5 cm³/mol. The van der Waals surface area contributed by atoms with Gasteiger partial charge in [0.15, 0.2) is 0 Å². The van der Waals surface area contributed by atoms with Crippen LogP contribution in [0.1, 0.15) is 37.9 Å². The smallest absolute Gasteiger partial charge is 0.352 e. The van der Waals surface area contributed by atoms with E-state index in [-0.39, 0.29) is 36.9 Å². The van der Waals surface area contributed by atoms with Crippen molar-refractivity contribution in [1.29, 1.82) is 0 Å². The zero-order chi connectivity index (χ0) is 15.4. The summed E-state index contributed by atoms with van der Waals surface area (Å²) in [4.78, 5) is 10.8. The summed E-state index contributed by atoms with van der Waals surface area (Å²) in [6.07, 6.45) is 2.08. The van der Waals surface area contributed by atoms with Crippen LogP contribution in [0.3, 0.4) is 0 Å². The van der Waals surface area contributed by atoms with Gasteiger partial charge in [0.2, 0.25) is 0 Å². The normalized spacial score (nSPS) is 22.2. The molecule has 1 aliphatic heterocycles. The molecule has 0 spiro atoms. The van der Waals surface area contributed by atoms with Crippen LogP contribution < -0.4 is 4.74 Å². The highest BCUT2D eigenvalue weighted by atomic mass is 16.6. The molecule has 8 nitrogen and oxygen atoms in total. The third-order valence-electron chi connectivity index (χ3n) is 3.61. The number of aliphatic hydroxyl groups is 1. The number of ether oxygens (including phenoxy) is 2. The summed E-state index contributed by atoms with van der Waals surface area (Å²) in [5.41, 5.74) is 0.408. The third-order valence-corrected chi connectivity index (χ3v) is 3.61. The van der Waals surface area contributed by atoms with Crippen molar-refractivity contribution in [2.24, 2.45) is 0 Å². The van der Waals surface area contributed by atoms with Crippen molar-refractivity contribution in [1.82, 2.24) is 9.78 Å². The van der Waals surface area contributed by atoms with Crippen molar-refractivity contribution < 1.29 is 19.5 Å². The van der Waals surface area contributed by atoms with Crippen LogP contribution in [0.2, 0.25) is 0 Å². The lowest BCUT2D eigenvalue weighted by Crippen LogP contribution is -2.26. The molecular weight excluding hydrogens is 278 g/mol. The topological polar surface area (TPSA) is 99.7 Å². The van der Waals surface area contributed by atoms with Crippen LogP contribution in [0.25, 0.3) is 0 Å². The lowest BCUT2D eigenvalue weighted by atomic mass is 10.0. The predicted octanol–water partition coefficient (Wildman–Crippen LogP) is 1.60. The Kier molecular flexibility index (Phi) is 5.13. The van der Waals surface area contributed by atoms with E-state index < -0.39 is 4.92 Å². The van der Waals surface area contributed by atoms with E-state index in [1.807, 2.05) is 6.92 Å². The van der Waals surface area contributed by atoms with Gasteiger partial charge in [0.05, 0.1) is 23.7 Å². The zero-order valence-electron chi connectivity index (χ0n) is 12.3. The second-order valence-electron chi connectivity index (χ2n) is 5.23. The molecule has 2 unspecified atom stereocenters. The SMILES string of the molecule is Cc1c([N+](=O)[O-])c(OCCCO)nn1C1CCOC(C)C1. The van der Waals surface area contributed by atoms with Gasteiger partial charge in [-0.3, -0.25) is 14.8 Å². The lowest BCUT2D eigenvalue weighted by Gasteiger charge is -2.27. The van der Waals surface area contributed by atoms with Gasteiger partial charge in [-0.2, -0.15) is 0 Å². The van der Waals surface area contributed by atoms with Crippen LogP contribution in [0.5, 0.6) is 5.88 Å². The fourth-order valence-corrected chi connectivity index (χ4v) is 2.58. The third kappa shape index (κ3) is 3.51. The molecule has 0 radical (unpaired) electrons. The van der Waals surface area contributed by atoms with Crippen LogP contribution in [0, 0.1) is 17.0 Å². The largest absolute Gasteiger partial charge is 0.472 e. The molecule has 118 valence electrons. The Morgan fingerprint density at radius 2 is 2.38 bits per heavy atom. The fourth-order valence-electron chi connectivity index (χ4n) is 2.58. The van der Waals surface area contributed by atoms with Crippen molar-refractivity contribution in [3.05, 3.63) is 15.8 Å². The molecule has 8 heteroatoms. The molecule has 21 heavy (non-hydrogen) atoms. The summed E-state index contributed by atoms with van der Waals surface area (Å²) in [6.45, 7) is 4.48. The van der Waals surface area contributed by atoms with Gasteiger partial charge >= 0.3 is 11.6 Å². The highest BCUT2D eigenvalue weighted by Gasteiger charge is 2.31. The molecule has 2 heterocycles. The zero-order valence-corrected chi connectivity index (χ0v) is 12.3. The number of aromatic nitrogens is 2. The number of nitrogens with zero attached hydrogens (tertiary/aromatic N) is 3. The highest BCUT2D eigenvalue weighted by molar-refractivity contribution is 5.45. The van der Waals surface area contributed by atoms with E-state index in [0.717, 1.165) is 12.8 Å². The monoisotopic (exact) mass is 299 g/mol. The van der Waals surface area contributed by atoms with Crippen molar-refractivity contribution in [2.45, 2.75) is 45.3 Å². The summed E-state index contributed by atoms with van der Waals surface area (Å²) < 4.78 is 12.5. The molecule has 0 saturated carbocycles. The number of hydrogen-bond donors (Lipinski definition) is 1. The van der Waals surface area contributed by atoms with E-state index in [2.05, 4.69) is 5.10 Å². The van der Waals surface area contributed by atoms with Gasteiger partial charge in [-0.15, -0.1) is 5.10 Å². The van der Waals surface area contributed by atoms with Crippen molar-refractivity contribution in [2.75, 3.05) is 19.8 Å². The lowest BCUT2D eigenvalue weighted by molar-refractivity contribution is -0.386. The van der Waals surface area contributed by atoms with Crippen molar-refractivity contribution >= 4 is 5.69 Å². The molecule has 1 aliphatic rings. The van der Waals surface area contributed by atoms with Gasteiger partial charge in [-0.05, 0) is 26.7 Å². The Morgan fingerprint density at radius 3 is 3.00 bits per heavy atom. The van der Waals surface area contributed by atoms with Crippen LogP contribution >= 0.6 is 0 Å². The molecule has 0 aromatic carbocycles. The molecule has 0 bridgehead atoms.